The topological polar surface area (TPSA) is 109 Å². The van der Waals surface area contributed by atoms with Crippen LogP contribution in [0.2, 0.25) is 0 Å². The first kappa shape index (κ1) is 13.6. The quantitative estimate of drug-likeness (QED) is 0.637. The van der Waals surface area contributed by atoms with Crippen molar-refractivity contribution < 1.29 is 18.3 Å². The zero-order valence-corrected chi connectivity index (χ0v) is 10.1. The molecule has 0 radical (unpaired) electrons. The summed E-state index contributed by atoms with van der Waals surface area (Å²) in [4.78, 5) is 10.6. The second-order valence-corrected chi connectivity index (χ2v) is 5.35. The largest absolute Gasteiger partial charge is 0.382 e. The molecular formula is C10H14N2O4S. The van der Waals surface area contributed by atoms with Gasteiger partial charge in [0.15, 0.2) is 0 Å². The summed E-state index contributed by atoms with van der Waals surface area (Å²) in [6.45, 7) is 1.32. The van der Waals surface area contributed by atoms with Crippen LogP contribution >= 0.6 is 0 Å². The molecule has 1 atom stereocenters. The lowest BCUT2D eigenvalue weighted by atomic mass is 10.2. The number of amides is 1. The smallest absolute Gasteiger partial charge is 0.247 e. The third-order valence-electron chi connectivity index (χ3n) is 2.09. The predicted octanol–water partition coefficient (Wildman–Crippen LogP) is -0.880. The molecule has 1 unspecified atom stereocenters. The Morgan fingerprint density at radius 2 is 2.18 bits per heavy atom. The van der Waals surface area contributed by atoms with Gasteiger partial charge in [0.1, 0.15) is 6.10 Å². The second kappa shape index (κ2) is 5.26. The average molecular weight is 258 g/mol. The molecule has 0 saturated heterocycles. The zero-order chi connectivity index (χ0) is 13.1. The normalized spacial score (nSPS) is 13.3. The maximum atomic E-state index is 11.7. The van der Waals surface area contributed by atoms with Gasteiger partial charge in [0.2, 0.25) is 15.9 Å². The molecule has 4 N–H and O–H groups in total. The van der Waals surface area contributed by atoms with Crippen molar-refractivity contribution in [2.45, 2.75) is 17.9 Å². The zero-order valence-electron chi connectivity index (χ0n) is 9.25. The highest BCUT2D eigenvalue weighted by Gasteiger charge is 2.18. The van der Waals surface area contributed by atoms with Crippen molar-refractivity contribution in [2.75, 3.05) is 6.54 Å². The molecule has 0 fully saturated rings. The van der Waals surface area contributed by atoms with Gasteiger partial charge in [0.05, 0.1) is 4.90 Å². The third kappa shape index (κ3) is 3.81. The van der Waals surface area contributed by atoms with E-state index < -0.39 is 28.6 Å². The van der Waals surface area contributed by atoms with Crippen molar-refractivity contribution in [3.05, 3.63) is 29.8 Å². The maximum Gasteiger partial charge on any atom is 0.247 e. The molecule has 0 heterocycles. The second-order valence-electron chi connectivity index (χ2n) is 3.59. The molecule has 0 aromatic heterocycles. The van der Waals surface area contributed by atoms with E-state index >= 15 is 0 Å². The SMILES string of the molecule is Cc1cccc(S(=O)(=O)NCC(O)C(N)=O)c1. The molecule has 0 aliphatic rings. The van der Waals surface area contributed by atoms with E-state index in [1.54, 1.807) is 19.1 Å². The fourth-order valence-electron chi connectivity index (χ4n) is 1.16. The van der Waals surface area contributed by atoms with Gasteiger partial charge in [-0.15, -0.1) is 0 Å². The van der Waals surface area contributed by atoms with Crippen LogP contribution in [0.4, 0.5) is 0 Å². The van der Waals surface area contributed by atoms with Crippen LogP contribution < -0.4 is 10.5 Å². The standard InChI is InChI=1S/C10H14N2O4S/c1-7-3-2-4-8(5-7)17(15,16)12-6-9(13)10(11)14/h2-5,9,12-13H,6H2,1H3,(H2,11,14). The monoisotopic (exact) mass is 258 g/mol. The number of rotatable bonds is 5. The Balaban J connectivity index is 2.79. The number of hydrogen-bond acceptors (Lipinski definition) is 4. The summed E-state index contributed by atoms with van der Waals surface area (Å²) in [5.41, 5.74) is 5.60. The van der Waals surface area contributed by atoms with Gasteiger partial charge in [-0.25, -0.2) is 13.1 Å². The Morgan fingerprint density at radius 3 is 2.71 bits per heavy atom. The maximum absolute atomic E-state index is 11.7. The Labute approximate surface area is 99.5 Å². The summed E-state index contributed by atoms with van der Waals surface area (Å²) in [6.07, 6.45) is -1.53. The summed E-state index contributed by atoms with van der Waals surface area (Å²) in [6, 6.07) is 6.27. The first-order valence-electron chi connectivity index (χ1n) is 4.86. The number of nitrogens with one attached hydrogen (secondary N) is 1. The summed E-state index contributed by atoms with van der Waals surface area (Å²) < 4.78 is 25.6. The van der Waals surface area contributed by atoms with E-state index in [0.29, 0.717) is 0 Å². The molecule has 94 valence electrons. The van der Waals surface area contributed by atoms with Crippen LogP contribution in [0.25, 0.3) is 0 Å². The molecule has 0 spiro atoms. The summed E-state index contributed by atoms with van der Waals surface area (Å²) >= 11 is 0. The molecule has 0 saturated carbocycles. The van der Waals surface area contributed by atoms with Gasteiger partial charge in [-0.2, -0.15) is 0 Å². The number of aliphatic hydroxyl groups is 1. The molecule has 6 nitrogen and oxygen atoms in total. The molecule has 7 heteroatoms. The molecule has 1 amide bonds. The molecule has 1 aromatic carbocycles. The van der Waals surface area contributed by atoms with Crippen LogP contribution in [0.15, 0.2) is 29.2 Å². The van der Waals surface area contributed by atoms with Crippen molar-refractivity contribution in [1.82, 2.24) is 4.72 Å². The molecule has 1 rings (SSSR count). The minimum atomic E-state index is -3.73. The lowest BCUT2D eigenvalue weighted by Gasteiger charge is -2.09. The number of aryl methyl sites for hydroxylation is 1. The molecule has 17 heavy (non-hydrogen) atoms. The van der Waals surface area contributed by atoms with Crippen molar-refractivity contribution in [2.24, 2.45) is 5.73 Å². The van der Waals surface area contributed by atoms with Gasteiger partial charge in [-0.05, 0) is 24.6 Å². The molecule has 0 bridgehead atoms. The van der Waals surface area contributed by atoms with Gasteiger partial charge in [0.25, 0.3) is 0 Å². The molecule has 0 aliphatic carbocycles. The molecule has 0 aliphatic heterocycles. The predicted molar refractivity (Wildman–Crippen MR) is 61.6 cm³/mol. The number of carbonyl (C=O) groups is 1. The lowest BCUT2D eigenvalue weighted by molar-refractivity contribution is -0.125. The van der Waals surface area contributed by atoms with Crippen LogP contribution in [0, 0.1) is 6.92 Å². The first-order valence-corrected chi connectivity index (χ1v) is 6.35. The minimum absolute atomic E-state index is 0.0779. The molecule has 1 aromatic rings. The van der Waals surface area contributed by atoms with Crippen LogP contribution in [0.5, 0.6) is 0 Å². The van der Waals surface area contributed by atoms with Crippen LogP contribution in [0.1, 0.15) is 5.56 Å². The summed E-state index contributed by atoms with van der Waals surface area (Å²) in [7, 11) is -3.73. The van der Waals surface area contributed by atoms with E-state index in [-0.39, 0.29) is 4.90 Å². The van der Waals surface area contributed by atoms with Gasteiger partial charge in [-0.3, -0.25) is 4.79 Å². The fourth-order valence-corrected chi connectivity index (χ4v) is 2.30. The first-order chi connectivity index (χ1) is 7.83. The Bertz CT molecular complexity index is 513. The highest BCUT2D eigenvalue weighted by molar-refractivity contribution is 7.89. The van der Waals surface area contributed by atoms with E-state index in [1.807, 2.05) is 0 Å². The van der Waals surface area contributed by atoms with Crippen molar-refractivity contribution in [3.8, 4) is 0 Å². The van der Waals surface area contributed by atoms with Crippen molar-refractivity contribution >= 4 is 15.9 Å². The van der Waals surface area contributed by atoms with E-state index in [0.717, 1.165) is 5.56 Å². The number of carbonyl (C=O) groups excluding carboxylic acids is 1. The van der Waals surface area contributed by atoms with Gasteiger partial charge >= 0.3 is 0 Å². The van der Waals surface area contributed by atoms with Crippen molar-refractivity contribution in [1.29, 1.82) is 0 Å². The number of primary amides is 1. The number of sulfonamides is 1. The number of benzene rings is 1. The Hall–Kier alpha value is -1.44. The number of hydrogen-bond donors (Lipinski definition) is 3. The summed E-state index contributed by atoms with van der Waals surface area (Å²) in [5, 5.41) is 9.09. The fraction of sp³-hybridized carbons (Fsp3) is 0.300. The van der Waals surface area contributed by atoms with Gasteiger partial charge < -0.3 is 10.8 Å². The third-order valence-corrected chi connectivity index (χ3v) is 3.52. The highest BCUT2D eigenvalue weighted by atomic mass is 32.2. The van der Waals surface area contributed by atoms with Crippen LogP contribution in [0.3, 0.4) is 0 Å². The number of aliphatic hydroxyl groups excluding tert-OH is 1. The lowest BCUT2D eigenvalue weighted by Crippen LogP contribution is -2.39. The van der Waals surface area contributed by atoms with Crippen LogP contribution in [-0.2, 0) is 14.8 Å². The summed E-state index contributed by atoms with van der Waals surface area (Å²) in [5.74, 6) is -0.975. The Morgan fingerprint density at radius 1 is 1.53 bits per heavy atom. The average Bonchev–Trinajstić information content (AvgIpc) is 2.26. The van der Waals surface area contributed by atoms with Gasteiger partial charge in [-0.1, -0.05) is 12.1 Å². The highest BCUT2D eigenvalue weighted by Crippen LogP contribution is 2.10. The minimum Gasteiger partial charge on any atom is -0.382 e. The van der Waals surface area contributed by atoms with E-state index in [1.165, 1.54) is 12.1 Å². The van der Waals surface area contributed by atoms with E-state index in [2.05, 4.69) is 4.72 Å². The Kier molecular flexibility index (Phi) is 4.22. The van der Waals surface area contributed by atoms with E-state index in [9.17, 15) is 13.2 Å². The van der Waals surface area contributed by atoms with Crippen LogP contribution in [-0.4, -0.2) is 32.1 Å². The van der Waals surface area contributed by atoms with E-state index in [4.69, 9.17) is 10.8 Å². The van der Waals surface area contributed by atoms with Crippen molar-refractivity contribution in [3.63, 3.8) is 0 Å². The van der Waals surface area contributed by atoms with Gasteiger partial charge in [0, 0.05) is 6.54 Å². The number of nitrogens with two attached hydrogens (primary N) is 1. The molecular weight excluding hydrogens is 244 g/mol.